The van der Waals surface area contributed by atoms with Crippen LogP contribution in [0.3, 0.4) is 0 Å². The van der Waals surface area contributed by atoms with Crippen LogP contribution in [-0.4, -0.2) is 5.94 Å². The van der Waals surface area contributed by atoms with Crippen LogP contribution >= 0.6 is 0 Å². The van der Waals surface area contributed by atoms with Gasteiger partial charge in [0.2, 0.25) is 0 Å². The third kappa shape index (κ3) is 9.45. The van der Waals surface area contributed by atoms with Crippen molar-refractivity contribution in [2.24, 2.45) is 0 Å². The van der Waals surface area contributed by atoms with Crippen molar-refractivity contribution in [2.45, 2.75) is 51.9 Å². The monoisotopic (exact) mass is 167 g/mol. The van der Waals surface area contributed by atoms with Crippen LogP contribution < -0.4 is 0 Å². The quantitative estimate of drug-likeness (QED) is 0.400. The SMILES string of the molecule is CCCCC[CH]CCCC=C=O. The van der Waals surface area contributed by atoms with E-state index in [1.807, 2.05) is 0 Å². The number of allylic oxidation sites excluding steroid dienone is 1. The van der Waals surface area contributed by atoms with Crippen LogP contribution in [0.15, 0.2) is 6.08 Å². The van der Waals surface area contributed by atoms with Crippen molar-refractivity contribution in [1.29, 1.82) is 0 Å². The van der Waals surface area contributed by atoms with E-state index >= 15 is 0 Å². The lowest BCUT2D eigenvalue weighted by atomic mass is 10.1. The molecule has 0 unspecified atom stereocenters. The van der Waals surface area contributed by atoms with E-state index in [4.69, 9.17) is 0 Å². The van der Waals surface area contributed by atoms with Gasteiger partial charge in [0.25, 0.3) is 0 Å². The zero-order valence-electron chi connectivity index (χ0n) is 8.01. The van der Waals surface area contributed by atoms with Gasteiger partial charge in [0.05, 0.1) is 0 Å². The highest BCUT2D eigenvalue weighted by atomic mass is 16.1. The third-order valence-electron chi connectivity index (χ3n) is 1.85. The van der Waals surface area contributed by atoms with Crippen molar-refractivity contribution in [3.8, 4) is 0 Å². The molecule has 0 heterocycles. The Morgan fingerprint density at radius 1 is 1.08 bits per heavy atom. The van der Waals surface area contributed by atoms with Crippen LogP contribution in [0.25, 0.3) is 0 Å². The Hall–Kier alpha value is -0.550. The van der Waals surface area contributed by atoms with Crippen molar-refractivity contribution >= 4 is 5.94 Å². The largest absolute Gasteiger partial charge is 0.234 e. The van der Waals surface area contributed by atoms with Gasteiger partial charge in [0, 0.05) is 0 Å². The minimum absolute atomic E-state index is 0.883. The van der Waals surface area contributed by atoms with E-state index in [0.29, 0.717) is 0 Å². The molecule has 0 saturated heterocycles. The summed E-state index contributed by atoms with van der Waals surface area (Å²) in [6.07, 6.45) is 12.2. The van der Waals surface area contributed by atoms with Gasteiger partial charge in [0.15, 0.2) is 0 Å². The predicted octanol–water partition coefficient (Wildman–Crippen LogP) is 3.33. The second kappa shape index (κ2) is 10.4. The standard InChI is InChI=1S/C11H19O/c1-2-3-4-5-6-7-8-9-10-11-12/h6,10H,2-5,7-9H2,1H3. The molecule has 0 atom stereocenters. The first kappa shape index (κ1) is 11.4. The number of unbranched alkanes of at least 4 members (excludes halogenated alkanes) is 7. The van der Waals surface area contributed by atoms with Gasteiger partial charge >= 0.3 is 0 Å². The number of rotatable bonds is 8. The molecule has 1 heteroatoms. The average Bonchev–Trinajstić information content (AvgIpc) is 2.10. The van der Waals surface area contributed by atoms with Gasteiger partial charge in [-0.2, -0.15) is 0 Å². The first-order valence-electron chi connectivity index (χ1n) is 4.92. The fourth-order valence-corrected chi connectivity index (χ4v) is 1.11. The molecular weight excluding hydrogens is 148 g/mol. The first-order chi connectivity index (χ1) is 5.91. The molecular formula is C11H19O. The Labute approximate surface area is 75.9 Å². The van der Waals surface area contributed by atoms with Gasteiger partial charge in [-0.25, -0.2) is 4.79 Å². The highest BCUT2D eigenvalue weighted by molar-refractivity contribution is 5.44. The highest BCUT2D eigenvalue weighted by Gasteiger charge is 1.89. The van der Waals surface area contributed by atoms with Gasteiger partial charge in [-0.3, -0.25) is 0 Å². The molecule has 1 radical (unpaired) electrons. The second-order valence-corrected chi connectivity index (χ2v) is 3.04. The zero-order chi connectivity index (χ0) is 9.07. The van der Waals surface area contributed by atoms with E-state index in [2.05, 4.69) is 13.3 Å². The number of hydrogen-bond acceptors (Lipinski definition) is 1. The minimum Gasteiger partial charge on any atom is -0.234 e. The van der Waals surface area contributed by atoms with E-state index < -0.39 is 0 Å². The average molecular weight is 167 g/mol. The maximum atomic E-state index is 9.79. The van der Waals surface area contributed by atoms with Crippen LogP contribution in [0.4, 0.5) is 0 Å². The predicted molar refractivity (Wildman–Crippen MR) is 52.6 cm³/mol. The number of carbonyl (C=O) groups excluding carboxylic acids is 1. The van der Waals surface area contributed by atoms with Crippen LogP contribution in [0.2, 0.25) is 0 Å². The molecule has 0 aliphatic rings. The molecule has 1 nitrogen and oxygen atoms in total. The lowest BCUT2D eigenvalue weighted by Crippen LogP contribution is -1.79. The van der Waals surface area contributed by atoms with Gasteiger partial charge in [-0.1, -0.05) is 32.6 Å². The van der Waals surface area contributed by atoms with E-state index in [1.54, 1.807) is 12.0 Å². The summed E-state index contributed by atoms with van der Waals surface area (Å²) in [5.41, 5.74) is 0. The summed E-state index contributed by atoms with van der Waals surface area (Å²) in [5, 5.41) is 0. The Bertz CT molecular complexity index is 123. The smallest absolute Gasteiger partial charge is 0.120 e. The second-order valence-electron chi connectivity index (χ2n) is 3.04. The van der Waals surface area contributed by atoms with Crippen molar-refractivity contribution in [3.63, 3.8) is 0 Å². The molecule has 0 aromatic heterocycles. The summed E-state index contributed by atoms with van der Waals surface area (Å²) in [5.74, 6) is 1.79. The Morgan fingerprint density at radius 3 is 2.50 bits per heavy atom. The molecule has 69 valence electrons. The van der Waals surface area contributed by atoms with Crippen molar-refractivity contribution in [3.05, 3.63) is 12.5 Å². The lowest BCUT2D eigenvalue weighted by molar-refractivity contribution is 0.567. The van der Waals surface area contributed by atoms with Crippen LogP contribution in [0, 0.1) is 6.42 Å². The summed E-state index contributed by atoms with van der Waals surface area (Å²) in [7, 11) is 0. The zero-order valence-corrected chi connectivity index (χ0v) is 8.01. The maximum absolute atomic E-state index is 9.79. The molecule has 12 heavy (non-hydrogen) atoms. The molecule has 0 bridgehead atoms. The summed E-state index contributed by atoms with van der Waals surface area (Å²) in [6, 6.07) is 0. The molecule has 0 amide bonds. The lowest BCUT2D eigenvalue weighted by Gasteiger charge is -1.97. The fraction of sp³-hybridized carbons (Fsp3) is 0.727. The van der Waals surface area contributed by atoms with E-state index in [9.17, 15) is 4.79 Å². The van der Waals surface area contributed by atoms with Crippen LogP contribution in [0.5, 0.6) is 0 Å². The van der Waals surface area contributed by atoms with Gasteiger partial charge in [0.1, 0.15) is 5.94 Å². The molecule has 0 aromatic rings. The summed E-state index contributed by atoms with van der Waals surface area (Å²) < 4.78 is 0. The molecule has 0 aliphatic heterocycles. The molecule has 0 N–H and O–H groups in total. The fourth-order valence-electron chi connectivity index (χ4n) is 1.11. The third-order valence-corrected chi connectivity index (χ3v) is 1.85. The molecule has 0 rings (SSSR count). The molecule has 0 fully saturated rings. The van der Waals surface area contributed by atoms with Crippen LogP contribution in [0.1, 0.15) is 51.9 Å². The van der Waals surface area contributed by atoms with Gasteiger partial charge in [-0.05, 0) is 31.8 Å². The molecule has 0 aliphatic carbocycles. The molecule has 0 aromatic carbocycles. The van der Waals surface area contributed by atoms with E-state index in [0.717, 1.165) is 19.3 Å². The van der Waals surface area contributed by atoms with Crippen molar-refractivity contribution < 1.29 is 4.79 Å². The Morgan fingerprint density at radius 2 is 1.83 bits per heavy atom. The van der Waals surface area contributed by atoms with Gasteiger partial charge < -0.3 is 0 Å². The van der Waals surface area contributed by atoms with Crippen molar-refractivity contribution in [2.75, 3.05) is 0 Å². The highest BCUT2D eigenvalue weighted by Crippen LogP contribution is 2.06. The van der Waals surface area contributed by atoms with E-state index in [1.165, 1.54) is 25.7 Å². The van der Waals surface area contributed by atoms with Gasteiger partial charge in [-0.15, -0.1) is 0 Å². The maximum Gasteiger partial charge on any atom is 0.120 e. The summed E-state index contributed by atoms with van der Waals surface area (Å²) >= 11 is 0. The first-order valence-corrected chi connectivity index (χ1v) is 4.92. The summed E-state index contributed by atoms with van der Waals surface area (Å²) in [6.45, 7) is 2.22. The Balaban J connectivity index is 2.86. The topological polar surface area (TPSA) is 17.1 Å². The Kier molecular flexibility index (Phi) is 9.97. The molecule has 0 spiro atoms. The van der Waals surface area contributed by atoms with Crippen molar-refractivity contribution in [1.82, 2.24) is 0 Å². The van der Waals surface area contributed by atoms with E-state index in [-0.39, 0.29) is 0 Å². The normalized spacial score (nSPS) is 9.42. The minimum atomic E-state index is 0.883. The van der Waals surface area contributed by atoms with Crippen LogP contribution in [-0.2, 0) is 4.79 Å². The number of hydrogen-bond donors (Lipinski definition) is 0. The molecule has 0 saturated carbocycles. The summed E-state index contributed by atoms with van der Waals surface area (Å²) in [4.78, 5) is 9.79.